The Balaban J connectivity index is 1.55. The largest absolute Gasteiger partial charge is 0.493 e. The summed E-state index contributed by atoms with van der Waals surface area (Å²) in [6.45, 7) is 1.46. The highest BCUT2D eigenvalue weighted by Crippen LogP contribution is 2.38. The number of ether oxygens (including phenoxy) is 2. The summed E-state index contributed by atoms with van der Waals surface area (Å²) in [5.74, 6) is 1.66. The number of nitrogens with two attached hydrogens (primary N) is 1. The first-order valence-electron chi connectivity index (χ1n) is 11.9. The van der Waals surface area contributed by atoms with Crippen LogP contribution in [0.25, 0.3) is 28.0 Å². The zero-order valence-electron chi connectivity index (χ0n) is 20.5. The highest BCUT2D eigenvalue weighted by Gasteiger charge is 2.24. The normalized spacial score (nSPS) is 13.0. The van der Waals surface area contributed by atoms with Crippen LogP contribution in [0.5, 0.6) is 11.5 Å². The molecule has 9 heteroatoms. The second-order valence-electron chi connectivity index (χ2n) is 8.86. The van der Waals surface area contributed by atoms with Gasteiger partial charge in [-0.15, -0.1) is 5.10 Å². The Labute approximate surface area is 213 Å². The van der Waals surface area contributed by atoms with Gasteiger partial charge in [-0.3, -0.25) is 0 Å². The Morgan fingerprint density at radius 3 is 2.49 bits per heavy atom. The molecule has 8 nitrogen and oxygen atoms in total. The summed E-state index contributed by atoms with van der Waals surface area (Å²) >= 11 is 0. The molecule has 0 atom stereocenters. The molecule has 0 amide bonds. The minimum absolute atomic E-state index is 0.320. The van der Waals surface area contributed by atoms with E-state index in [4.69, 9.17) is 25.2 Å². The zero-order valence-corrected chi connectivity index (χ0v) is 20.5. The molecule has 0 bridgehead atoms. The maximum absolute atomic E-state index is 14.0. The molecule has 186 valence electrons. The van der Waals surface area contributed by atoms with E-state index in [1.807, 2.05) is 24.3 Å². The van der Waals surface area contributed by atoms with Gasteiger partial charge in [0.1, 0.15) is 11.6 Å². The van der Waals surface area contributed by atoms with Gasteiger partial charge in [-0.05, 0) is 53.9 Å². The van der Waals surface area contributed by atoms with Crippen molar-refractivity contribution in [3.63, 3.8) is 0 Å². The Kier molecular flexibility index (Phi) is 5.60. The second-order valence-corrected chi connectivity index (χ2v) is 8.86. The smallest absolute Gasteiger partial charge is 0.228 e. The van der Waals surface area contributed by atoms with E-state index in [9.17, 15) is 4.39 Å². The van der Waals surface area contributed by atoms with Crippen LogP contribution in [0.1, 0.15) is 11.1 Å². The topological polar surface area (TPSA) is 91.3 Å². The Hall–Kier alpha value is -4.66. The molecule has 2 N–H and O–H groups in total. The molecule has 1 aliphatic rings. The summed E-state index contributed by atoms with van der Waals surface area (Å²) in [6.07, 6.45) is 0.892. The molecular weight excluding hydrogens is 471 g/mol. The van der Waals surface area contributed by atoms with Gasteiger partial charge in [-0.25, -0.2) is 14.1 Å². The summed E-state index contributed by atoms with van der Waals surface area (Å²) in [6, 6.07) is 20.1. The fourth-order valence-electron chi connectivity index (χ4n) is 4.81. The molecule has 0 aliphatic carbocycles. The van der Waals surface area contributed by atoms with E-state index in [2.05, 4.69) is 28.2 Å². The van der Waals surface area contributed by atoms with Gasteiger partial charge in [0.25, 0.3) is 0 Å². The molecular formula is C28H25FN6O2. The van der Waals surface area contributed by atoms with E-state index >= 15 is 0 Å². The molecule has 1 aliphatic heterocycles. The number of nitrogens with zero attached hydrogens (tertiary/aromatic N) is 5. The van der Waals surface area contributed by atoms with Crippen LogP contribution in [0.4, 0.5) is 16.2 Å². The molecule has 37 heavy (non-hydrogen) atoms. The summed E-state index contributed by atoms with van der Waals surface area (Å²) in [7, 11) is 3.18. The van der Waals surface area contributed by atoms with E-state index in [0.29, 0.717) is 52.2 Å². The maximum atomic E-state index is 14.0. The molecule has 0 saturated carbocycles. The van der Waals surface area contributed by atoms with Crippen LogP contribution < -0.4 is 20.1 Å². The fraction of sp³-hybridized carbons (Fsp3) is 0.179. The zero-order chi connectivity index (χ0) is 25.5. The first kappa shape index (κ1) is 22.8. The third-order valence-corrected chi connectivity index (χ3v) is 6.68. The van der Waals surface area contributed by atoms with Crippen LogP contribution in [0.3, 0.4) is 0 Å². The lowest BCUT2D eigenvalue weighted by molar-refractivity contribution is 0.355. The molecule has 0 saturated heterocycles. The SMILES string of the molecule is COc1ccc(-c2nc(N3CCc4ccccc4C3)nc3nn(-c4cccc(F)c4)c(N)c23)cc1OC. The Bertz CT molecular complexity index is 1630. The lowest BCUT2D eigenvalue weighted by atomic mass is 10.0. The number of benzene rings is 3. The quantitative estimate of drug-likeness (QED) is 0.374. The number of fused-ring (bicyclic) bond motifs is 2. The van der Waals surface area contributed by atoms with E-state index in [1.54, 1.807) is 26.4 Å². The summed E-state index contributed by atoms with van der Waals surface area (Å²) in [5, 5.41) is 5.26. The van der Waals surface area contributed by atoms with Crippen molar-refractivity contribution in [1.29, 1.82) is 0 Å². The summed E-state index contributed by atoms with van der Waals surface area (Å²) < 4.78 is 26.5. The molecule has 2 aromatic heterocycles. The highest BCUT2D eigenvalue weighted by atomic mass is 19.1. The van der Waals surface area contributed by atoms with Gasteiger partial charge in [0.05, 0.1) is 31.0 Å². The number of halogens is 1. The lowest BCUT2D eigenvalue weighted by Gasteiger charge is -2.29. The maximum Gasteiger partial charge on any atom is 0.228 e. The highest BCUT2D eigenvalue weighted by molar-refractivity contribution is 5.99. The van der Waals surface area contributed by atoms with E-state index in [-0.39, 0.29) is 5.82 Å². The second kappa shape index (κ2) is 9.09. The van der Waals surface area contributed by atoms with Crippen molar-refractivity contribution in [2.45, 2.75) is 13.0 Å². The number of methoxy groups -OCH3 is 2. The third-order valence-electron chi connectivity index (χ3n) is 6.68. The predicted octanol–water partition coefficient (Wildman–Crippen LogP) is 4.78. The van der Waals surface area contributed by atoms with Gasteiger partial charge in [-0.1, -0.05) is 30.3 Å². The summed E-state index contributed by atoms with van der Waals surface area (Å²) in [4.78, 5) is 12.0. The van der Waals surface area contributed by atoms with Crippen molar-refractivity contribution in [3.8, 4) is 28.4 Å². The van der Waals surface area contributed by atoms with Crippen molar-refractivity contribution < 1.29 is 13.9 Å². The molecule has 6 rings (SSSR count). The number of aromatic nitrogens is 4. The van der Waals surface area contributed by atoms with Crippen LogP contribution in [-0.4, -0.2) is 40.5 Å². The van der Waals surface area contributed by atoms with Gasteiger partial charge in [0.2, 0.25) is 5.95 Å². The van der Waals surface area contributed by atoms with Crippen molar-refractivity contribution in [2.24, 2.45) is 0 Å². The molecule has 0 radical (unpaired) electrons. The van der Waals surface area contributed by atoms with E-state index < -0.39 is 0 Å². The average molecular weight is 497 g/mol. The molecule has 0 unspecified atom stereocenters. The number of anilines is 2. The average Bonchev–Trinajstić information content (AvgIpc) is 3.28. The molecule has 3 aromatic carbocycles. The van der Waals surface area contributed by atoms with Crippen LogP contribution in [0.2, 0.25) is 0 Å². The van der Waals surface area contributed by atoms with E-state index in [0.717, 1.165) is 18.5 Å². The number of hydrogen-bond acceptors (Lipinski definition) is 7. The molecule has 3 heterocycles. The molecule has 0 spiro atoms. The van der Waals surface area contributed by atoms with Gasteiger partial charge >= 0.3 is 0 Å². The first-order chi connectivity index (χ1) is 18.1. The minimum atomic E-state index is -0.379. The third kappa shape index (κ3) is 3.98. The van der Waals surface area contributed by atoms with Crippen molar-refractivity contribution in [3.05, 3.63) is 83.7 Å². The van der Waals surface area contributed by atoms with Crippen molar-refractivity contribution in [2.75, 3.05) is 31.4 Å². The predicted molar refractivity (Wildman–Crippen MR) is 141 cm³/mol. The fourth-order valence-corrected chi connectivity index (χ4v) is 4.81. The van der Waals surface area contributed by atoms with Gasteiger partial charge in [-0.2, -0.15) is 4.98 Å². The van der Waals surface area contributed by atoms with Crippen LogP contribution in [0.15, 0.2) is 66.7 Å². The Morgan fingerprint density at radius 1 is 0.892 bits per heavy atom. The van der Waals surface area contributed by atoms with Gasteiger partial charge < -0.3 is 20.1 Å². The van der Waals surface area contributed by atoms with Crippen LogP contribution >= 0.6 is 0 Å². The van der Waals surface area contributed by atoms with E-state index in [1.165, 1.54) is 27.9 Å². The molecule has 0 fully saturated rings. The van der Waals surface area contributed by atoms with Crippen LogP contribution in [0, 0.1) is 5.82 Å². The monoisotopic (exact) mass is 496 g/mol. The number of rotatable bonds is 5. The van der Waals surface area contributed by atoms with Crippen molar-refractivity contribution >= 4 is 22.8 Å². The number of nitrogen functional groups attached to an aromatic ring is 1. The summed E-state index contributed by atoms with van der Waals surface area (Å²) in [5.41, 5.74) is 11.5. The molecule has 5 aromatic rings. The van der Waals surface area contributed by atoms with Gasteiger partial charge in [0, 0.05) is 18.7 Å². The standard InChI is InChI=1S/C28H25FN6O2/c1-36-22-11-10-18(14-23(22)37-2)25-24-26(30)35(21-9-5-8-20(29)15-21)33-27(24)32-28(31-25)34-13-12-17-6-3-4-7-19(17)16-34/h3-11,14-15H,12-13,16,30H2,1-2H3. The van der Waals surface area contributed by atoms with Crippen LogP contribution in [-0.2, 0) is 13.0 Å². The lowest BCUT2D eigenvalue weighted by Crippen LogP contribution is -2.31. The van der Waals surface area contributed by atoms with Gasteiger partial charge in [0.15, 0.2) is 17.1 Å². The van der Waals surface area contributed by atoms with Crippen molar-refractivity contribution in [1.82, 2.24) is 19.7 Å². The number of hydrogen-bond donors (Lipinski definition) is 1. The Morgan fingerprint density at radius 2 is 1.70 bits per heavy atom. The minimum Gasteiger partial charge on any atom is -0.493 e. The first-order valence-corrected chi connectivity index (χ1v) is 11.9.